The molecule has 0 atom stereocenters. The molecule has 8 rings (SSSR count). The summed E-state index contributed by atoms with van der Waals surface area (Å²) in [6.45, 7) is 8.27. The summed E-state index contributed by atoms with van der Waals surface area (Å²) in [5, 5.41) is 10.9. The second-order valence-corrected chi connectivity index (χ2v) is 13.2. The molecule has 0 aliphatic heterocycles. The Bertz CT molecular complexity index is 2040. The molecule has 6 heteroatoms. The molecule has 6 nitrogen and oxygen atoms in total. The van der Waals surface area contributed by atoms with E-state index in [0.29, 0.717) is 12.8 Å². The highest BCUT2D eigenvalue weighted by Crippen LogP contribution is 2.35. The van der Waals surface area contributed by atoms with Crippen LogP contribution in [0.4, 0.5) is 23.0 Å². The van der Waals surface area contributed by atoms with Gasteiger partial charge in [-0.25, -0.2) is 9.97 Å². The maximum absolute atomic E-state index is 12.5. The Balaban J connectivity index is 0.000000152. The van der Waals surface area contributed by atoms with Crippen molar-refractivity contribution in [2.75, 3.05) is 10.6 Å². The van der Waals surface area contributed by atoms with E-state index in [1.807, 2.05) is 0 Å². The third kappa shape index (κ3) is 6.30. The summed E-state index contributed by atoms with van der Waals surface area (Å²) in [7, 11) is 0. The van der Waals surface area contributed by atoms with Gasteiger partial charge in [0.2, 0.25) is 0 Å². The van der Waals surface area contributed by atoms with Crippen molar-refractivity contribution in [3.05, 3.63) is 130 Å². The summed E-state index contributed by atoms with van der Waals surface area (Å²) in [4.78, 5) is 34.5. The summed E-state index contributed by atoms with van der Waals surface area (Å²) in [6.07, 6.45) is 4.77. The molecule has 0 unspecified atom stereocenters. The van der Waals surface area contributed by atoms with Gasteiger partial charge < -0.3 is 10.6 Å². The van der Waals surface area contributed by atoms with Crippen molar-refractivity contribution in [2.45, 2.75) is 66.2 Å². The number of ketones is 2. The van der Waals surface area contributed by atoms with Crippen LogP contribution in [0.2, 0.25) is 0 Å². The Morgan fingerprint density at radius 2 is 0.833 bits per heavy atom. The van der Waals surface area contributed by atoms with Crippen molar-refractivity contribution in [1.29, 1.82) is 0 Å². The van der Waals surface area contributed by atoms with Gasteiger partial charge in [-0.1, -0.05) is 82.9 Å². The largest absolute Gasteiger partial charge is 0.340 e. The highest BCUT2D eigenvalue weighted by molar-refractivity contribution is 6.13. The van der Waals surface area contributed by atoms with Gasteiger partial charge >= 0.3 is 0 Å². The van der Waals surface area contributed by atoms with Crippen LogP contribution in [0.3, 0.4) is 0 Å². The first kappa shape index (κ1) is 31.3. The third-order valence-corrected chi connectivity index (χ3v) is 9.29. The lowest BCUT2D eigenvalue weighted by Crippen LogP contribution is -2.14. The van der Waals surface area contributed by atoms with Crippen molar-refractivity contribution in [2.24, 2.45) is 0 Å². The molecular formula is C42H40N4O2. The lowest BCUT2D eigenvalue weighted by Gasteiger charge is -2.19. The molecule has 2 N–H and O–H groups in total. The molecule has 6 aromatic rings. The van der Waals surface area contributed by atoms with Crippen molar-refractivity contribution in [1.82, 2.24) is 9.97 Å². The smallest absolute Gasteiger partial charge is 0.165 e. The Hall–Kier alpha value is -5.36. The molecule has 4 aromatic carbocycles. The summed E-state index contributed by atoms with van der Waals surface area (Å²) in [5.41, 5.74) is 10.3. The minimum Gasteiger partial charge on any atom is -0.340 e. The van der Waals surface area contributed by atoms with E-state index in [9.17, 15) is 9.59 Å². The molecule has 240 valence electrons. The fourth-order valence-corrected chi connectivity index (χ4v) is 6.76. The Morgan fingerprint density at radius 3 is 1.23 bits per heavy atom. The fraction of sp³-hybridized carbons (Fsp3) is 0.238. The SMILES string of the molecule is Cc1ccc(Nc2nc3c(c4cc(C)ccc24)C(=O)CCC3)cc1.Cc1ccc(Nc2nc3c(c4cc(C)ccc24)C(=O)CCC3)cc1. The van der Waals surface area contributed by atoms with Crippen LogP contribution in [0.5, 0.6) is 0 Å². The zero-order chi connectivity index (χ0) is 33.4. The summed E-state index contributed by atoms with van der Waals surface area (Å²) < 4.78 is 0. The number of pyridine rings is 2. The standard InChI is InChI=1S/2C21H20N2O/c2*1-13-6-9-15(10-7-13)22-21-16-11-8-14(2)12-17(16)20-18(23-21)4-3-5-19(20)24/h2*6-12H,3-5H2,1-2H3,(H,22,23). The van der Waals surface area contributed by atoms with Crippen molar-refractivity contribution in [3.8, 4) is 0 Å². The number of Topliss-reactive ketones (excluding diaryl/α,β-unsaturated/α-hetero) is 2. The summed E-state index contributed by atoms with van der Waals surface area (Å²) in [5.74, 6) is 2.12. The molecule has 0 radical (unpaired) electrons. The Morgan fingerprint density at radius 1 is 0.458 bits per heavy atom. The van der Waals surface area contributed by atoms with Crippen LogP contribution in [-0.2, 0) is 12.8 Å². The first-order chi connectivity index (χ1) is 23.2. The van der Waals surface area contributed by atoms with Crippen LogP contribution in [0.25, 0.3) is 21.5 Å². The Labute approximate surface area is 281 Å². The van der Waals surface area contributed by atoms with Gasteiger partial charge in [0.15, 0.2) is 11.6 Å². The number of carbonyl (C=O) groups is 2. The van der Waals surface area contributed by atoms with Gasteiger partial charge in [0.05, 0.1) is 11.4 Å². The molecule has 2 heterocycles. The number of fused-ring (bicyclic) bond motifs is 6. The van der Waals surface area contributed by atoms with E-state index < -0.39 is 0 Å². The highest BCUT2D eigenvalue weighted by Gasteiger charge is 2.24. The number of aryl methyl sites for hydroxylation is 6. The van der Waals surface area contributed by atoms with Crippen molar-refractivity contribution in [3.63, 3.8) is 0 Å². The van der Waals surface area contributed by atoms with Crippen LogP contribution in [0, 0.1) is 27.7 Å². The first-order valence-corrected chi connectivity index (χ1v) is 16.8. The number of hydrogen-bond donors (Lipinski definition) is 2. The van der Waals surface area contributed by atoms with Crippen LogP contribution in [0.1, 0.15) is 80.0 Å². The molecule has 0 spiro atoms. The number of aromatic nitrogens is 2. The molecule has 2 aromatic heterocycles. The van der Waals surface area contributed by atoms with Gasteiger partial charge in [-0.2, -0.15) is 0 Å². The number of rotatable bonds is 4. The second-order valence-electron chi connectivity index (χ2n) is 13.2. The minimum absolute atomic E-state index is 0.223. The number of hydrogen-bond acceptors (Lipinski definition) is 6. The molecule has 2 aliphatic rings. The van der Waals surface area contributed by atoms with Gasteiger partial charge in [0.25, 0.3) is 0 Å². The van der Waals surface area contributed by atoms with Crippen LogP contribution in [-0.4, -0.2) is 21.5 Å². The third-order valence-electron chi connectivity index (χ3n) is 9.29. The van der Waals surface area contributed by atoms with Crippen molar-refractivity contribution >= 4 is 56.1 Å². The molecule has 0 saturated heterocycles. The maximum atomic E-state index is 12.5. The van der Waals surface area contributed by atoms with Gasteiger partial charge in [-0.05, 0) is 88.4 Å². The van der Waals surface area contributed by atoms with Gasteiger partial charge in [0, 0.05) is 46.1 Å². The first-order valence-electron chi connectivity index (χ1n) is 16.8. The lowest BCUT2D eigenvalue weighted by molar-refractivity contribution is 0.0965. The van der Waals surface area contributed by atoms with Gasteiger partial charge in [0.1, 0.15) is 11.6 Å². The molecule has 0 amide bonds. The average Bonchev–Trinajstić information content (AvgIpc) is 3.07. The summed E-state index contributed by atoms with van der Waals surface area (Å²) >= 11 is 0. The summed E-state index contributed by atoms with van der Waals surface area (Å²) in [6, 6.07) is 29.0. The number of benzene rings is 4. The van der Waals surface area contributed by atoms with E-state index in [2.05, 4.69) is 123 Å². The number of nitrogens with one attached hydrogen (secondary N) is 2. The normalized spacial score (nSPS) is 13.8. The zero-order valence-corrected chi connectivity index (χ0v) is 28.0. The van der Waals surface area contributed by atoms with Gasteiger partial charge in [-0.15, -0.1) is 0 Å². The molecule has 0 fully saturated rings. The van der Waals surface area contributed by atoms with E-state index in [0.717, 1.165) is 104 Å². The fourth-order valence-electron chi connectivity index (χ4n) is 6.76. The Kier molecular flexibility index (Phi) is 8.49. The van der Waals surface area contributed by atoms with E-state index in [1.54, 1.807) is 0 Å². The highest BCUT2D eigenvalue weighted by atomic mass is 16.1. The zero-order valence-electron chi connectivity index (χ0n) is 28.0. The van der Waals surface area contributed by atoms with Crippen LogP contribution >= 0.6 is 0 Å². The van der Waals surface area contributed by atoms with E-state index >= 15 is 0 Å². The molecular weight excluding hydrogens is 592 g/mol. The molecule has 0 bridgehead atoms. The predicted octanol–water partition coefficient (Wildman–Crippen LogP) is 10.2. The number of carbonyl (C=O) groups excluding carboxylic acids is 2. The van der Waals surface area contributed by atoms with E-state index in [4.69, 9.17) is 9.97 Å². The second kappa shape index (κ2) is 13.0. The number of anilines is 4. The predicted molar refractivity (Wildman–Crippen MR) is 196 cm³/mol. The average molecular weight is 633 g/mol. The number of nitrogens with zero attached hydrogens (tertiary/aromatic N) is 2. The van der Waals surface area contributed by atoms with Crippen LogP contribution in [0.15, 0.2) is 84.9 Å². The quantitative estimate of drug-likeness (QED) is 0.201. The van der Waals surface area contributed by atoms with Gasteiger partial charge in [-0.3, -0.25) is 9.59 Å². The monoisotopic (exact) mass is 632 g/mol. The van der Waals surface area contributed by atoms with E-state index in [1.165, 1.54) is 11.1 Å². The molecule has 0 saturated carbocycles. The topological polar surface area (TPSA) is 84.0 Å². The molecule has 48 heavy (non-hydrogen) atoms. The lowest BCUT2D eigenvalue weighted by atomic mass is 9.90. The molecule has 2 aliphatic carbocycles. The van der Waals surface area contributed by atoms with Crippen LogP contribution < -0.4 is 10.6 Å². The van der Waals surface area contributed by atoms with Crippen molar-refractivity contribution < 1.29 is 9.59 Å². The van der Waals surface area contributed by atoms with E-state index in [-0.39, 0.29) is 11.6 Å². The minimum atomic E-state index is 0.223. The maximum Gasteiger partial charge on any atom is 0.165 e.